The number of nitrogens with one attached hydrogen (secondary N) is 2. The summed E-state index contributed by atoms with van der Waals surface area (Å²) in [6.45, 7) is 7.32. The van der Waals surface area contributed by atoms with Crippen LogP contribution in [0.15, 0.2) is 29.1 Å². The SMILES string of the molecule is Cc1nc2nc(C(F)(F)F)c([C@H](C)Nc3ccc(C(=O)N4CC(C)C(C#N)C(C)C4)cc3F)cc2c(=O)[nH]1. The summed E-state index contributed by atoms with van der Waals surface area (Å²) in [5.41, 5.74) is -2.61. The summed E-state index contributed by atoms with van der Waals surface area (Å²) in [5, 5.41) is 11.9. The van der Waals surface area contributed by atoms with Crippen LogP contribution in [0.25, 0.3) is 11.0 Å². The van der Waals surface area contributed by atoms with E-state index in [1.807, 2.05) is 13.8 Å². The lowest BCUT2D eigenvalue weighted by atomic mass is 9.80. The van der Waals surface area contributed by atoms with Gasteiger partial charge in [0.1, 0.15) is 11.6 Å². The van der Waals surface area contributed by atoms with E-state index in [9.17, 15) is 28.0 Å². The van der Waals surface area contributed by atoms with Crippen LogP contribution in [0.1, 0.15) is 54.3 Å². The van der Waals surface area contributed by atoms with Gasteiger partial charge < -0.3 is 15.2 Å². The predicted octanol–water partition coefficient (Wildman–Crippen LogP) is 4.83. The number of hydrogen-bond donors (Lipinski definition) is 2. The number of nitriles is 1. The van der Waals surface area contributed by atoms with Crippen molar-refractivity contribution in [2.24, 2.45) is 17.8 Å². The average molecular weight is 531 g/mol. The predicted molar refractivity (Wildman–Crippen MR) is 132 cm³/mol. The van der Waals surface area contributed by atoms with Crippen molar-refractivity contribution in [3.8, 4) is 6.07 Å². The first-order valence-corrected chi connectivity index (χ1v) is 12.0. The summed E-state index contributed by atoms with van der Waals surface area (Å²) in [6.07, 6.45) is -4.85. The van der Waals surface area contributed by atoms with Crippen molar-refractivity contribution in [1.82, 2.24) is 19.9 Å². The lowest BCUT2D eigenvalue weighted by Gasteiger charge is -2.38. The van der Waals surface area contributed by atoms with Gasteiger partial charge in [0.05, 0.1) is 29.1 Å². The second-order valence-corrected chi connectivity index (χ2v) is 9.83. The number of carbonyl (C=O) groups is 1. The summed E-state index contributed by atoms with van der Waals surface area (Å²) in [4.78, 5) is 36.8. The van der Waals surface area contributed by atoms with Gasteiger partial charge in [0.25, 0.3) is 11.5 Å². The number of anilines is 1. The fourth-order valence-corrected chi connectivity index (χ4v) is 4.98. The Morgan fingerprint density at radius 3 is 2.45 bits per heavy atom. The molecule has 3 aromatic rings. The first-order valence-electron chi connectivity index (χ1n) is 12.0. The maximum absolute atomic E-state index is 15.0. The molecular weight excluding hydrogens is 504 g/mol. The highest BCUT2D eigenvalue weighted by Gasteiger charge is 2.38. The van der Waals surface area contributed by atoms with Crippen LogP contribution in [-0.2, 0) is 6.18 Å². The fourth-order valence-electron chi connectivity index (χ4n) is 4.98. The number of benzene rings is 1. The third kappa shape index (κ3) is 5.18. The molecule has 8 nitrogen and oxygen atoms in total. The number of piperidine rings is 1. The van der Waals surface area contributed by atoms with Crippen LogP contribution < -0.4 is 10.9 Å². The summed E-state index contributed by atoms with van der Waals surface area (Å²) < 4.78 is 56.6. The molecule has 2 unspecified atom stereocenters. The summed E-state index contributed by atoms with van der Waals surface area (Å²) >= 11 is 0. The van der Waals surface area contributed by atoms with Gasteiger partial charge in [-0.05, 0) is 49.9 Å². The number of aromatic amines is 1. The zero-order chi connectivity index (χ0) is 27.9. The number of fused-ring (bicyclic) bond motifs is 1. The average Bonchev–Trinajstić information content (AvgIpc) is 2.83. The maximum Gasteiger partial charge on any atom is 0.433 e. The summed E-state index contributed by atoms with van der Waals surface area (Å²) in [6, 6.07) is 5.94. The number of nitrogens with zero attached hydrogens (tertiary/aromatic N) is 4. The van der Waals surface area contributed by atoms with Crippen molar-refractivity contribution in [3.05, 3.63) is 63.1 Å². The number of carbonyl (C=O) groups excluding carboxylic acids is 1. The maximum atomic E-state index is 15.0. The Bertz CT molecular complexity index is 1480. The topological polar surface area (TPSA) is 115 Å². The highest BCUT2D eigenvalue weighted by Crippen LogP contribution is 2.36. The van der Waals surface area contributed by atoms with Gasteiger partial charge in [0.2, 0.25) is 0 Å². The Morgan fingerprint density at radius 2 is 1.87 bits per heavy atom. The minimum absolute atomic E-state index is 0.0379. The molecule has 1 aliphatic heterocycles. The van der Waals surface area contributed by atoms with E-state index in [1.54, 1.807) is 4.90 Å². The quantitative estimate of drug-likeness (QED) is 0.467. The molecule has 1 aromatic carbocycles. The molecule has 0 radical (unpaired) electrons. The van der Waals surface area contributed by atoms with E-state index in [0.717, 1.165) is 12.1 Å². The number of hydrogen-bond acceptors (Lipinski definition) is 6. The van der Waals surface area contributed by atoms with Crippen molar-refractivity contribution in [2.45, 2.75) is 39.9 Å². The molecule has 1 saturated heterocycles. The van der Waals surface area contributed by atoms with Crippen molar-refractivity contribution in [1.29, 1.82) is 5.26 Å². The highest BCUT2D eigenvalue weighted by molar-refractivity contribution is 5.94. The fraction of sp³-hybridized carbons (Fsp3) is 0.423. The van der Waals surface area contributed by atoms with Gasteiger partial charge >= 0.3 is 6.18 Å². The monoisotopic (exact) mass is 530 g/mol. The van der Waals surface area contributed by atoms with Crippen LogP contribution in [0.4, 0.5) is 23.2 Å². The van der Waals surface area contributed by atoms with Gasteiger partial charge in [-0.25, -0.2) is 14.4 Å². The first kappa shape index (κ1) is 27.0. The number of halogens is 4. The largest absolute Gasteiger partial charge is 0.433 e. The Labute approximate surface area is 215 Å². The van der Waals surface area contributed by atoms with E-state index < -0.39 is 35.2 Å². The van der Waals surface area contributed by atoms with Gasteiger partial charge in [-0.2, -0.15) is 18.4 Å². The molecule has 1 fully saturated rings. The molecule has 0 spiro atoms. The lowest BCUT2D eigenvalue weighted by molar-refractivity contribution is -0.141. The molecule has 0 aliphatic carbocycles. The van der Waals surface area contributed by atoms with E-state index in [0.29, 0.717) is 13.1 Å². The van der Waals surface area contributed by atoms with Crippen molar-refractivity contribution >= 4 is 22.6 Å². The minimum atomic E-state index is -4.85. The standard InChI is InChI=1S/C26H26F4N6O2/c1-12-10-36(11-13(2)19(12)9-31)25(38)16-5-6-21(20(27)7-16)32-14(3)17-8-18-23(33-15(4)34-24(18)37)35-22(17)26(28,29)30/h5-8,12-14,19,32H,10-11H2,1-4H3,(H,33,34,35,37)/t12?,13?,14-,19?/m0/s1. The second kappa shape index (κ2) is 10.0. The number of amides is 1. The minimum Gasteiger partial charge on any atom is -0.376 e. The van der Waals surface area contributed by atoms with Gasteiger partial charge in [0.15, 0.2) is 11.3 Å². The van der Waals surface area contributed by atoms with Crippen LogP contribution in [0.3, 0.4) is 0 Å². The van der Waals surface area contributed by atoms with Crippen molar-refractivity contribution in [2.75, 3.05) is 18.4 Å². The normalized spacial score (nSPS) is 20.7. The van der Waals surface area contributed by atoms with Crippen molar-refractivity contribution < 1.29 is 22.4 Å². The van der Waals surface area contributed by atoms with Crippen LogP contribution >= 0.6 is 0 Å². The molecule has 4 rings (SSSR count). The Kier molecular flexibility index (Phi) is 7.14. The zero-order valence-electron chi connectivity index (χ0n) is 21.2. The number of H-pyrrole nitrogens is 1. The Hall–Kier alpha value is -4.01. The van der Waals surface area contributed by atoms with E-state index in [4.69, 9.17) is 0 Å². The molecule has 2 N–H and O–H groups in total. The molecule has 3 atom stereocenters. The van der Waals surface area contributed by atoms with E-state index in [2.05, 4.69) is 26.3 Å². The van der Waals surface area contributed by atoms with Gasteiger partial charge in [-0.3, -0.25) is 9.59 Å². The number of rotatable bonds is 4. The second-order valence-electron chi connectivity index (χ2n) is 9.83. The van der Waals surface area contributed by atoms with Gasteiger partial charge in [0, 0.05) is 24.2 Å². The van der Waals surface area contributed by atoms with Crippen LogP contribution in [0, 0.1) is 41.8 Å². The molecule has 2 aromatic heterocycles. The number of aromatic nitrogens is 3. The van der Waals surface area contributed by atoms with E-state index in [-0.39, 0.29) is 51.4 Å². The third-order valence-corrected chi connectivity index (χ3v) is 6.85. The van der Waals surface area contributed by atoms with E-state index >= 15 is 4.39 Å². The molecule has 1 amide bonds. The van der Waals surface area contributed by atoms with Crippen LogP contribution in [-0.4, -0.2) is 38.8 Å². The van der Waals surface area contributed by atoms with Gasteiger partial charge in [-0.1, -0.05) is 13.8 Å². The Balaban J connectivity index is 1.61. The molecule has 0 bridgehead atoms. The van der Waals surface area contributed by atoms with Crippen LogP contribution in [0.2, 0.25) is 0 Å². The summed E-state index contributed by atoms with van der Waals surface area (Å²) in [5.74, 6) is -1.34. The smallest absolute Gasteiger partial charge is 0.376 e. The zero-order valence-corrected chi connectivity index (χ0v) is 21.2. The summed E-state index contributed by atoms with van der Waals surface area (Å²) in [7, 11) is 0. The molecule has 12 heteroatoms. The number of likely N-dealkylation sites (tertiary alicyclic amines) is 1. The molecule has 38 heavy (non-hydrogen) atoms. The lowest BCUT2D eigenvalue weighted by Crippen LogP contribution is -2.46. The molecule has 0 saturated carbocycles. The highest BCUT2D eigenvalue weighted by atomic mass is 19.4. The van der Waals surface area contributed by atoms with Crippen molar-refractivity contribution in [3.63, 3.8) is 0 Å². The third-order valence-electron chi connectivity index (χ3n) is 6.85. The molecule has 200 valence electrons. The van der Waals surface area contributed by atoms with Gasteiger partial charge in [-0.15, -0.1) is 0 Å². The molecule has 3 heterocycles. The Morgan fingerprint density at radius 1 is 1.21 bits per heavy atom. The number of alkyl halides is 3. The van der Waals surface area contributed by atoms with Crippen LogP contribution in [0.5, 0.6) is 0 Å². The first-order chi connectivity index (χ1) is 17.8. The number of pyridine rings is 1. The van der Waals surface area contributed by atoms with E-state index in [1.165, 1.54) is 26.0 Å². The molecular formula is C26H26F4N6O2. The number of aryl methyl sites for hydroxylation is 1. The molecule has 1 aliphatic rings.